The van der Waals surface area contributed by atoms with Crippen LogP contribution in [0.25, 0.3) is 16.6 Å². The van der Waals surface area contributed by atoms with Crippen LogP contribution in [0.2, 0.25) is 0 Å². The summed E-state index contributed by atoms with van der Waals surface area (Å²) in [6.07, 6.45) is 0. The van der Waals surface area contributed by atoms with E-state index in [0.717, 1.165) is 16.6 Å². The highest BCUT2D eigenvalue weighted by Crippen LogP contribution is 2.29. The quantitative estimate of drug-likeness (QED) is 0.489. The molecule has 120 valence electrons. The molecule has 0 aliphatic carbocycles. The van der Waals surface area contributed by atoms with E-state index < -0.39 is 0 Å². The molecule has 0 radical (unpaired) electrons. The van der Waals surface area contributed by atoms with Crippen molar-refractivity contribution in [2.45, 2.75) is 31.7 Å². The van der Waals surface area contributed by atoms with Gasteiger partial charge in [-0.25, -0.2) is 0 Å². The summed E-state index contributed by atoms with van der Waals surface area (Å²) >= 11 is 1.74. The lowest BCUT2D eigenvalue weighted by atomic mass is 10.1. The molecule has 4 aromatic rings. The van der Waals surface area contributed by atoms with E-state index in [2.05, 4.69) is 83.9 Å². The molecule has 0 unspecified atom stereocenters. The van der Waals surface area contributed by atoms with Gasteiger partial charge in [-0.05, 0) is 49.1 Å². The van der Waals surface area contributed by atoms with Crippen LogP contribution in [-0.2, 0) is 5.75 Å². The minimum atomic E-state index is 0.898. The number of fused-ring (bicyclic) bond motifs is 3. The molecule has 0 saturated carbocycles. The second-order valence-electron chi connectivity index (χ2n) is 6.19. The van der Waals surface area contributed by atoms with E-state index in [1.165, 1.54) is 33.2 Å². The molecule has 0 N–H and O–H groups in total. The number of hydrogen-bond donors (Lipinski definition) is 0. The van der Waals surface area contributed by atoms with Crippen LogP contribution in [-0.4, -0.2) is 14.6 Å². The molecule has 3 nitrogen and oxygen atoms in total. The first-order valence-electron chi connectivity index (χ1n) is 8.06. The molecule has 0 aliphatic heterocycles. The first kappa shape index (κ1) is 15.2. The van der Waals surface area contributed by atoms with Gasteiger partial charge in [-0.1, -0.05) is 54.2 Å². The minimum Gasteiger partial charge on any atom is -0.270 e. The Hall–Kier alpha value is -2.33. The summed E-state index contributed by atoms with van der Waals surface area (Å²) in [4.78, 5) is 0. The van der Waals surface area contributed by atoms with Crippen molar-refractivity contribution < 1.29 is 0 Å². The van der Waals surface area contributed by atoms with Crippen LogP contribution in [0, 0.1) is 20.8 Å². The summed E-state index contributed by atoms with van der Waals surface area (Å²) in [5, 5.41) is 11.1. The normalized spacial score (nSPS) is 11.5. The fourth-order valence-electron chi connectivity index (χ4n) is 3.14. The summed E-state index contributed by atoms with van der Waals surface area (Å²) in [6.45, 7) is 6.44. The predicted molar refractivity (Wildman–Crippen MR) is 101 cm³/mol. The molecule has 0 aliphatic rings. The van der Waals surface area contributed by atoms with Crippen LogP contribution in [0.5, 0.6) is 0 Å². The van der Waals surface area contributed by atoms with Crippen LogP contribution < -0.4 is 0 Å². The molecule has 0 spiro atoms. The third kappa shape index (κ3) is 2.47. The predicted octanol–water partition coefficient (Wildman–Crippen LogP) is 5.10. The summed E-state index contributed by atoms with van der Waals surface area (Å²) < 4.78 is 2.20. The molecule has 4 heteroatoms. The summed E-state index contributed by atoms with van der Waals surface area (Å²) in [5.74, 6) is 0.898. The van der Waals surface area contributed by atoms with Crippen LogP contribution in [0.4, 0.5) is 0 Å². The third-order valence-electron chi connectivity index (χ3n) is 4.51. The largest absolute Gasteiger partial charge is 0.270 e. The van der Waals surface area contributed by atoms with Crippen molar-refractivity contribution in [3.05, 3.63) is 70.8 Å². The lowest BCUT2D eigenvalue weighted by Crippen LogP contribution is -1.96. The van der Waals surface area contributed by atoms with E-state index in [9.17, 15) is 0 Å². The molecule has 0 fully saturated rings. The van der Waals surface area contributed by atoms with Gasteiger partial charge < -0.3 is 0 Å². The number of hydrogen-bond acceptors (Lipinski definition) is 3. The van der Waals surface area contributed by atoms with Gasteiger partial charge in [0.15, 0.2) is 10.8 Å². The summed E-state index contributed by atoms with van der Waals surface area (Å²) in [6, 6.07) is 17.1. The lowest BCUT2D eigenvalue weighted by Gasteiger charge is -2.10. The molecule has 24 heavy (non-hydrogen) atoms. The summed E-state index contributed by atoms with van der Waals surface area (Å²) in [7, 11) is 0. The van der Waals surface area contributed by atoms with Crippen LogP contribution in [0.15, 0.2) is 53.7 Å². The maximum atomic E-state index is 4.45. The van der Waals surface area contributed by atoms with Crippen molar-refractivity contribution >= 4 is 28.3 Å². The Kier molecular flexibility index (Phi) is 3.77. The number of thioether (sulfide) groups is 1. The molecular formula is C20H19N3S. The molecule has 2 aromatic heterocycles. The van der Waals surface area contributed by atoms with Crippen LogP contribution in [0.1, 0.15) is 22.3 Å². The number of aryl methyl sites for hydroxylation is 3. The third-order valence-corrected chi connectivity index (χ3v) is 5.49. The molecule has 2 aromatic carbocycles. The van der Waals surface area contributed by atoms with E-state index in [-0.39, 0.29) is 0 Å². The van der Waals surface area contributed by atoms with Crippen molar-refractivity contribution in [3.63, 3.8) is 0 Å². The molecule has 0 saturated heterocycles. The van der Waals surface area contributed by atoms with Crippen molar-refractivity contribution in [2.75, 3.05) is 0 Å². The number of benzene rings is 2. The Morgan fingerprint density at radius 2 is 1.67 bits per heavy atom. The molecule has 0 atom stereocenters. The zero-order chi connectivity index (χ0) is 16.7. The first-order valence-corrected chi connectivity index (χ1v) is 9.05. The smallest absolute Gasteiger partial charge is 0.196 e. The number of nitrogens with zero attached hydrogens (tertiary/aromatic N) is 3. The Morgan fingerprint density at radius 1 is 0.875 bits per heavy atom. The maximum absolute atomic E-state index is 4.45. The van der Waals surface area contributed by atoms with E-state index >= 15 is 0 Å². The highest BCUT2D eigenvalue weighted by Gasteiger charge is 2.13. The van der Waals surface area contributed by atoms with Crippen LogP contribution >= 0.6 is 11.8 Å². The highest BCUT2D eigenvalue weighted by molar-refractivity contribution is 7.98. The fraction of sp³-hybridized carbons (Fsp3) is 0.200. The van der Waals surface area contributed by atoms with Gasteiger partial charge in [0.1, 0.15) is 0 Å². The number of rotatable bonds is 3. The summed E-state index contributed by atoms with van der Waals surface area (Å²) in [5.41, 5.74) is 7.28. The Labute approximate surface area is 145 Å². The lowest BCUT2D eigenvalue weighted by molar-refractivity contribution is 0.937. The molecular weight excluding hydrogens is 314 g/mol. The Morgan fingerprint density at radius 3 is 2.50 bits per heavy atom. The SMILES string of the molecule is Cc1ccccc1CSc1nnc2cc(C)c3cccc(C)c3n12. The van der Waals surface area contributed by atoms with Gasteiger partial charge in [-0.3, -0.25) is 4.40 Å². The average Bonchev–Trinajstić information content (AvgIpc) is 2.97. The zero-order valence-corrected chi connectivity index (χ0v) is 14.9. The van der Waals surface area contributed by atoms with Gasteiger partial charge in [-0.15, -0.1) is 10.2 Å². The van der Waals surface area contributed by atoms with Gasteiger partial charge >= 0.3 is 0 Å². The number of pyridine rings is 1. The Bertz CT molecular complexity index is 1050. The first-order chi connectivity index (χ1) is 11.6. The van der Waals surface area contributed by atoms with E-state index in [4.69, 9.17) is 0 Å². The van der Waals surface area contributed by atoms with Crippen LogP contribution in [0.3, 0.4) is 0 Å². The van der Waals surface area contributed by atoms with Gasteiger partial charge in [0, 0.05) is 11.1 Å². The second-order valence-corrected chi connectivity index (χ2v) is 7.13. The van der Waals surface area contributed by atoms with Gasteiger partial charge in [0.2, 0.25) is 0 Å². The van der Waals surface area contributed by atoms with Gasteiger partial charge in [0.25, 0.3) is 0 Å². The molecule has 4 rings (SSSR count). The maximum Gasteiger partial charge on any atom is 0.196 e. The van der Waals surface area contributed by atoms with Crippen molar-refractivity contribution in [3.8, 4) is 0 Å². The second kappa shape index (κ2) is 5.95. The van der Waals surface area contributed by atoms with E-state index in [1.54, 1.807) is 11.8 Å². The topological polar surface area (TPSA) is 30.2 Å². The van der Waals surface area contributed by atoms with Crippen molar-refractivity contribution in [1.82, 2.24) is 14.6 Å². The Balaban J connectivity index is 1.84. The van der Waals surface area contributed by atoms with Crippen molar-refractivity contribution in [1.29, 1.82) is 0 Å². The minimum absolute atomic E-state index is 0.898. The average molecular weight is 333 g/mol. The van der Waals surface area contributed by atoms with E-state index in [0.29, 0.717) is 0 Å². The van der Waals surface area contributed by atoms with Gasteiger partial charge in [0.05, 0.1) is 5.52 Å². The van der Waals surface area contributed by atoms with E-state index in [1.807, 2.05) is 0 Å². The number of aromatic nitrogens is 3. The highest BCUT2D eigenvalue weighted by atomic mass is 32.2. The standard InChI is InChI=1S/C20H19N3S/c1-13-7-4-5-9-16(13)12-24-20-22-21-18-11-15(3)17-10-6-8-14(2)19(17)23(18)20/h4-11H,12H2,1-3H3. The molecule has 2 heterocycles. The fourth-order valence-corrected chi connectivity index (χ4v) is 4.16. The number of para-hydroxylation sites is 1. The van der Waals surface area contributed by atoms with Gasteiger partial charge in [-0.2, -0.15) is 0 Å². The zero-order valence-electron chi connectivity index (χ0n) is 14.1. The van der Waals surface area contributed by atoms with Crippen molar-refractivity contribution in [2.24, 2.45) is 0 Å². The molecule has 0 bridgehead atoms. The monoisotopic (exact) mass is 333 g/mol. The molecule has 0 amide bonds.